The van der Waals surface area contributed by atoms with Gasteiger partial charge >= 0.3 is 0 Å². The highest BCUT2D eigenvalue weighted by Gasteiger charge is 2.14. The summed E-state index contributed by atoms with van der Waals surface area (Å²) >= 11 is 5.35. The van der Waals surface area contributed by atoms with Crippen molar-refractivity contribution in [1.29, 1.82) is 0 Å². The second kappa shape index (κ2) is 5.87. The summed E-state index contributed by atoms with van der Waals surface area (Å²) in [5.41, 5.74) is 0.177. The fraction of sp³-hybridized carbons (Fsp3) is 0.333. The molecule has 0 atom stereocenters. The summed E-state index contributed by atoms with van der Waals surface area (Å²) in [5, 5.41) is 0. The van der Waals surface area contributed by atoms with E-state index < -0.39 is 20.0 Å². The molecule has 0 aromatic heterocycles. The van der Waals surface area contributed by atoms with Crippen LogP contribution in [0.4, 0.5) is 5.69 Å². The average Bonchev–Trinajstić information content (AvgIpc) is 2.28. The molecule has 0 aliphatic heterocycles. The van der Waals surface area contributed by atoms with Gasteiger partial charge in [0.05, 0.1) is 10.6 Å². The maximum absolute atomic E-state index is 11.5. The number of benzene rings is 1. The van der Waals surface area contributed by atoms with Crippen LogP contribution in [0.3, 0.4) is 0 Å². The van der Waals surface area contributed by atoms with Gasteiger partial charge in [-0.2, -0.15) is 0 Å². The lowest BCUT2D eigenvalue weighted by atomic mass is 10.3. The fourth-order valence-electron chi connectivity index (χ4n) is 1.18. The molecule has 2 N–H and O–H groups in total. The molecule has 1 aromatic carbocycles. The quantitative estimate of drug-likeness (QED) is 0.751. The summed E-state index contributed by atoms with van der Waals surface area (Å²) in [6.45, 7) is 0. The lowest BCUT2D eigenvalue weighted by Crippen LogP contribution is -2.20. The molecule has 1 rings (SSSR count). The van der Waals surface area contributed by atoms with Crippen molar-refractivity contribution < 1.29 is 16.8 Å². The normalized spacial score (nSPS) is 12.3. The van der Waals surface area contributed by atoms with Crippen molar-refractivity contribution >= 4 is 37.3 Å². The molecule has 0 aliphatic rings. The van der Waals surface area contributed by atoms with E-state index in [1.165, 1.54) is 31.3 Å². The maximum atomic E-state index is 11.5. The van der Waals surface area contributed by atoms with E-state index in [9.17, 15) is 16.8 Å². The zero-order valence-corrected chi connectivity index (χ0v) is 11.9. The van der Waals surface area contributed by atoms with Gasteiger partial charge in [-0.1, -0.05) is 6.07 Å². The zero-order valence-electron chi connectivity index (χ0n) is 9.55. The van der Waals surface area contributed by atoms with Crippen molar-refractivity contribution in [2.24, 2.45) is 0 Å². The number of anilines is 1. The third-order valence-electron chi connectivity index (χ3n) is 2.03. The second-order valence-electron chi connectivity index (χ2n) is 3.35. The van der Waals surface area contributed by atoms with Gasteiger partial charge in [0, 0.05) is 11.6 Å². The Balaban J connectivity index is 3.04. The standard InChI is InChI=1S/C9H13ClN2O4S2/c1-11-18(15,16)9-4-2-3-8(7-9)12-17(13,14)6-5-10/h2-4,7,11-12H,5-6H2,1H3. The third-order valence-corrected chi connectivity index (χ3v) is 5.15. The van der Waals surface area contributed by atoms with Crippen molar-refractivity contribution in [3.8, 4) is 0 Å². The number of halogens is 1. The molecule has 0 spiro atoms. The van der Waals surface area contributed by atoms with Crippen molar-refractivity contribution in [3.05, 3.63) is 24.3 Å². The van der Waals surface area contributed by atoms with E-state index in [0.29, 0.717) is 0 Å². The van der Waals surface area contributed by atoms with Gasteiger partial charge in [-0.25, -0.2) is 21.6 Å². The van der Waals surface area contributed by atoms with Crippen LogP contribution in [0.2, 0.25) is 0 Å². The summed E-state index contributed by atoms with van der Waals surface area (Å²) in [6.07, 6.45) is 0. The van der Waals surface area contributed by atoms with Crippen LogP contribution in [0.15, 0.2) is 29.2 Å². The van der Waals surface area contributed by atoms with Gasteiger partial charge in [0.25, 0.3) is 0 Å². The molecule has 0 fully saturated rings. The fourth-order valence-corrected chi connectivity index (χ4v) is 3.35. The molecular weight excluding hydrogens is 300 g/mol. The minimum atomic E-state index is -3.60. The molecule has 0 amide bonds. The van der Waals surface area contributed by atoms with Crippen LogP contribution in [-0.2, 0) is 20.0 Å². The van der Waals surface area contributed by atoms with Crippen LogP contribution < -0.4 is 9.44 Å². The van der Waals surface area contributed by atoms with Crippen molar-refractivity contribution in [2.45, 2.75) is 4.90 Å². The predicted octanol–water partition coefficient (Wildman–Crippen LogP) is 0.575. The summed E-state index contributed by atoms with van der Waals surface area (Å²) in [6, 6.07) is 5.51. The largest absolute Gasteiger partial charge is 0.283 e. The van der Waals surface area contributed by atoms with Crippen molar-refractivity contribution in [1.82, 2.24) is 4.72 Å². The molecule has 0 bridgehead atoms. The lowest BCUT2D eigenvalue weighted by Gasteiger charge is -2.08. The van der Waals surface area contributed by atoms with Gasteiger partial charge in [-0.3, -0.25) is 4.72 Å². The van der Waals surface area contributed by atoms with Gasteiger partial charge in [-0.05, 0) is 25.2 Å². The Kier molecular flexibility index (Phi) is 4.97. The minimum Gasteiger partial charge on any atom is -0.283 e. The van der Waals surface area contributed by atoms with E-state index in [4.69, 9.17) is 11.6 Å². The Morgan fingerprint density at radius 3 is 2.44 bits per heavy atom. The summed E-state index contributed by atoms with van der Waals surface area (Å²) in [7, 11) is -5.87. The molecule has 0 saturated heterocycles. The van der Waals surface area contributed by atoms with E-state index in [1.807, 2.05) is 0 Å². The smallest absolute Gasteiger partial charge is 0.240 e. The Labute approximate surface area is 111 Å². The van der Waals surface area contributed by atoms with Crippen LogP contribution >= 0.6 is 11.6 Å². The molecule has 0 saturated carbocycles. The molecule has 0 aliphatic carbocycles. The van der Waals surface area contributed by atoms with Crippen LogP contribution in [0.25, 0.3) is 0 Å². The number of rotatable bonds is 6. The molecule has 18 heavy (non-hydrogen) atoms. The van der Waals surface area contributed by atoms with Crippen molar-refractivity contribution in [3.63, 3.8) is 0 Å². The van der Waals surface area contributed by atoms with E-state index in [-0.39, 0.29) is 22.2 Å². The molecular formula is C9H13ClN2O4S2. The molecule has 6 nitrogen and oxygen atoms in total. The summed E-state index contributed by atoms with van der Waals surface area (Å²) < 4.78 is 50.4. The molecule has 0 heterocycles. The van der Waals surface area contributed by atoms with Crippen LogP contribution in [-0.4, -0.2) is 35.5 Å². The van der Waals surface area contributed by atoms with E-state index in [2.05, 4.69) is 9.44 Å². The summed E-state index contributed by atoms with van der Waals surface area (Å²) in [5.74, 6) is -0.276. The maximum Gasteiger partial charge on any atom is 0.240 e. The molecule has 0 radical (unpaired) electrons. The molecule has 102 valence electrons. The van der Waals surface area contributed by atoms with E-state index in [0.717, 1.165) is 0 Å². The SMILES string of the molecule is CNS(=O)(=O)c1cccc(NS(=O)(=O)CCCl)c1. The Hall–Kier alpha value is -0.830. The van der Waals surface area contributed by atoms with Gasteiger partial charge in [-0.15, -0.1) is 11.6 Å². The monoisotopic (exact) mass is 312 g/mol. The van der Waals surface area contributed by atoms with E-state index >= 15 is 0 Å². The minimum absolute atomic E-state index is 0.0175. The van der Waals surface area contributed by atoms with Gasteiger partial charge in [0.15, 0.2) is 0 Å². The highest BCUT2D eigenvalue weighted by molar-refractivity contribution is 7.92. The molecule has 0 unspecified atom stereocenters. The van der Waals surface area contributed by atoms with Gasteiger partial charge < -0.3 is 0 Å². The Morgan fingerprint density at radius 2 is 1.89 bits per heavy atom. The number of hydrogen-bond acceptors (Lipinski definition) is 4. The average molecular weight is 313 g/mol. The lowest BCUT2D eigenvalue weighted by molar-refractivity contribution is 0.588. The molecule has 1 aromatic rings. The number of hydrogen-bond donors (Lipinski definition) is 2. The first kappa shape index (κ1) is 15.2. The Bertz CT molecular complexity index is 613. The first-order valence-electron chi connectivity index (χ1n) is 4.91. The second-order valence-corrected chi connectivity index (χ2v) is 7.45. The zero-order chi connectivity index (χ0) is 13.8. The molecule has 9 heteroatoms. The topological polar surface area (TPSA) is 92.3 Å². The van der Waals surface area contributed by atoms with Gasteiger partial charge in [0.1, 0.15) is 0 Å². The first-order valence-corrected chi connectivity index (χ1v) is 8.58. The van der Waals surface area contributed by atoms with Crippen LogP contribution in [0.1, 0.15) is 0 Å². The highest BCUT2D eigenvalue weighted by atomic mass is 35.5. The number of sulfonamides is 2. The van der Waals surface area contributed by atoms with Crippen LogP contribution in [0.5, 0.6) is 0 Å². The summed E-state index contributed by atoms with van der Waals surface area (Å²) in [4.78, 5) is -0.0175. The van der Waals surface area contributed by atoms with Crippen LogP contribution in [0, 0.1) is 0 Å². The van der Waals surface area contributed by atoms with Crippen molar-refractivity contribution in [2.75, 3.05) is 23.4 Å². The first-order chi connectivity index (χ1) is 8.30. The number of nitrogens with one attached hydrogen (secondary N) is 2. The van der Waals surface area contributed by atoms with E-state index in [1.54, 1.807) is 0 Å². The predicted molar refractivity (Wildman–Crippen MR) is 70.8 cm³/mol. The Morgan fingerprint density at radius 1 is 1.22 bits per heavy atom. The van der Waals surface area contributed by atoms with Gasteiger partial charge in [0.2, 0.25) is 20.0 Å². The third kappa shape index (κ3) is 4.13. The number of alkyl halides is 1. The highest BCUT2D eigenvalue weighted by Crippen LogP contribution is 2.16.